The van der Waals surface area contributed by atoms with Gasteiger partial charge in [-0.3, -0.25) is 10.1 Å². The molecule has 0 amide bonds. The maximum Gasteiger partial charge on any atom is 0.274 e. The van der Waals surface area contributed by atoms with E-state index >= 15 is 0 Å². The molecule has 7 heteroatoms. The quantitative estimate of drug-likeness (QED) is 0.504. The number of nitrogens with one attached hydrogen (secondary N) is 1. The molecule has 0 unspecified atom stereocenters. The van der Waals surface area contributed by atoms with E-state index in [0.29, 0.717) is 23.3 Å². The van der Waals surface area contributed by atoms with Gasteiger partial charge in [0.05, 0.1) is 4.92 Å². The summed E-state index contributed by atoms with van der Waals surface area (Å²) in [5.74, 6) is 1.10. The first-order valence-electron chi connectivity index (χ1n) is 5.58. The topological polar surface area (TPSA) is 71.3 Å². The average Bonchev–Trinajstić information content (AvgIpc) is 2.32. The Kier molecular flexibility index (Phi) is 3.66. The van der Waals surface area contributed by atoms with Gasteiger partial charge in [-0.25, -0.2) is 4.98 Å². The summed E-state index contributed by atoms with van der Waals surface area (Å²) in [6.07, 6.45) is 1.85. The van der Waals surface area contributed by atoms with Crippen LogP contribution < -0.4 is 10.2 Å². The maximum atomic E-state index is 10.6. The van der Waals surface area contributed by atoms with Crippen molar-refractivity contribution in [2.75, 3.05) is 18.0 Å². The number of hydrogen-bond donors (Lipinski definition) is 1. The van der Waals surface area contributed by atoms with Crippen molar-refractivity contribution in [2.24, 2.45) is 0 Å². The van der Waals surface area contributed by atoms with E-state index in [2.05, 4.69) is 10.3 Å². The number of rotatable bonds is 2. The molecule has 0 spiro atoms. The molecule has 0 aromatic carbocycles. The van der Waals surface area contributed by atoms with Crippen molar-refractivity contribution in [1.82, 2.24) is 10.3 Å². The predicted octanol–water partition coefficient (Wildman–Crippen LogP) is 1.92. The molecule has 1 aromatic rings. The molecule has 18 heavy (non-hydrogen) atoms. The highest BCUT2D eigenvalue weighted by molar-refractivity contribution is 6.29. The van der Waals surface area contributed by atoms with Gasteiger partial charge < -0.3 is 10.2 Å². The molecule has 0 atom stereocenters. The zero-order chi connectivity index (χ0) is 13.1. The van der Waals surface area contributed by atoms with Gasteiger partial charge in [0.15, 0.2) is 5.82 Å². The number of aryl methyl sites for hydroxylation is 1. The predicted molar refractivity (Wildman–Crippen MR) is 69.0 cm³/mol. The van der Waals surface area contributed by atoms with Gasteiger partial charge in [0.1, 0.15) is 11.0 Å². The number of nitro groups is 1. The molecular weight excluding hydrogens is 256 g/mol. The fourth-order valence-corrected chi connectivity index (χ4v) is 2.02. The van der Waals surface area contributed by atoms with Crippen LogP contribution in [0.15, 0.2) is 24.2 Å². The van der Waals surface area contributed by atoms with E-state index in [0.717, 1.165) is 24.7 Å². The molecule has 1 aromatic heterocycles. The molecule has 1 saturated heterocycles. The van der Waals surface area contributed by atoms with E-state index in [4.69, 9.17) is 11.6 Å². The lowest BCUT2D eigenvalue weighted by Gasteiger charge is -2.30. The largest absolute Gasteiger partial charge is 0.366 e. The summed E-state index contributed by atoms with van der Waals surface area (Å²) in [5.41, 5.74) is 0.928. The second-order valence-corrected chi connectivity index (χ2v) is 4.39. The third-order valence-corrected chi connectivity index (χ3v) is 2.89. The third kappa shape index (κ3) is 2.70. The first kappa shape index (κ1) is 12.6. The van der Waals surface area contributed by atoms with E-state index in [9.17, 15) is 10.1 Å². The Morgan fingerprint density at radius 3 is 3.11 bits per heavy atom. The monoisotopic (exact) mass is 268 g/mol. The minimum absolute atomic E-state index is 0.377. The molecule has 1 aliphatic heterocycles. The van der Waals surface area contributed by atoms with Gasteiger partial charge in [-0.05, 0) is 25.0 Å². The minimum atomic E-state index is -0.472. The first-order valence-corrected chi connectivity index (χ1v) is 5.95. The molecule has 0 aliphatic carbocycles. The Morgan fingerprint density at radius 2 is 2.39 bits per heavy atom. The van der Waals surface area contributed by atoms with Crippen molar-refractivity contribution in [1.29, 1.82) is 0 Å². The summed E-state index contributed by atoms with van der Waals surface area (Å²) in [5, 5.41) is 14.0. The molecule has 1 aliphatic rings. The van der Waals surface area contributed by atoms with Gasteiger partial charge in [0.25, 0.3) is 6.20 Å². The SMILES string of the molecule is Cc1ccc(Cl)nc1N1CCCNC1=C[N+](=O)[O-]. The van der Waals surface area contributed by atoms with Gasteiger partial charge in [-0.2, -0.15) is 0 Å². The van der Waals surface area contributed by atoms with Gasteiger partial charge in [-0.1, -0.05) is 17.7 Å². The van der Waals surface area contributed by atoms with Crippen molar-refractivity contribution in [3.05, 3.63) is 45.0 Å². The summed E-state index contributed by atoms with van der Waals surface area (Å²) in [6, 6.07) is 3.55. The molecule has 0 radical (unpaired) electrons. The van der Waals surface area contributed by atoms with Crippen molar-refractivity contribution < 1.29 is 4.92 Å². The van der Waals surface area contributed by atoms with Crippen LogP contribution in [0.1, 0.15) is 12.0 Å². The van der Waals surface area contributed by atoms with Crippen LogP contribution in [0.25, 0.3) is 0 Å². The molecule has 0 saturated carbocycles. The van der Waals surface area contributed by atoms with Gasteiger partial charge in [-0.15, -0.1) is 0 Å². The van der Waals surface area contributed by atoms with E-state index < -0.39 is 4.92 Å². The molecule has 2 heterocycles. The summed E-state index contributed by atoms with van der Waals surface area (Å²) >= 11 is 5.88. The van der Waals surface area contributed by atoms with E-state index in [1.165, 1.54) is 0 Å². The van der Waals surface area contributed by atoms with E-state index in [-0.39, 0.29) is 0 Å². The summed E-state index contributed by atoms with van der Waals surface area (Å²) in [7, 11) is 0. The molecule has 1 N–H and O–H groups in total. The minimum Gasteiger partial charge on any atom is -0.366 e. The zero-order valence-corrected chi connectivity index (χ0v) is 10.6. The highest BCUT2D eigenvalue weighted by atomic mass is 35.5. The second kappa shape index (κ2) is 5.22. The summed E-state index contributed by atoms with van der Waals surface area (Å²) < 4.78 is 0. The number of anilines is 1. The Labute approximate surface area is 109 Å². The van der Waals surface area contributed by atoms with Crippen molar-refractivity contribution in [3.8, 4) is 0 Å². The number of nitrogens with zero attached hydrogens (tertiary/aromatic N) is 3. The Balaban J connectivity index is 2.39. The molecular formula is C11H13ClN4O2. The summed E-state index contributed by atoms with van der Waals surface area (Å²) in [6.45, 7) is 3.30. The van der Waals surface area contributed by atoms with Crippen LogP contribution >= 0.6 is 11.6 Å². The molecule has 96 valence electrons. The lowest BCUT2D eigenvalue weighted by atomic mass is 10.2. The van der Waals surface area contributed by atoms with Crippen LogP contribution in [-0.4, -0.2) is 23.0 Å². The van der Waals surface area contributed by atoms with Gasteiger partial charge >= 0.3 is 0 Å². The number of hydrogen-bond acceptors (Lipinski definition) is 5. The smallest absolute Gasteiger partial charge is 0.274 e. The van der Waals surface area contributed by atoms with Crippen LogP contribution in [0.3, 0.4) is 0 Å². The van der Waals surface area contributed by atoms with E-state index in [1.54, 1.807) is 11.0 Å². The fraction of sp³-hybridized carbons (Fsp3) is 0.364. The van der Waals surface area contributed by atoms with Crippen molar-refractivity contribution >= 4 is 17.4 Å². The second-order valence-electron chi connectivity index (χ2n) is 4.01. The lowest BCUT2D eigenvalue weighted by molar-refractivity contribution is -0.403. The van der Waals surface area contributed by atoms with Gasteiger partial charge in [0, 0.05) is 13.1 Å². The third-order valence-electron chi connectivity index (χ3n) is 2.68. The molecule has 6 nitrogen and oxygen atoms in total. The Morgan fingerprint density at radius 1 is 1.61 bits per heavy atom. The van der Waals surface area contributed by atoms with Crippen LogP contribution in [0, 0.1) is 17.0 Å². The van der Waals surface area contributed by atoms with E-state index in [1.807, 2.05) is 13.0 Å². The average molecular weight is 269 g/mol. The van der Waals surface area contributed by atoms with Crippen LogP contribution in [0.5, 0.6) is 0 Å². The number of aromatic nitrogens is 1. The maximum absolute atomic E-state index is 10.6. The van der Waals surface area contributed by atoms with Crippen LogP contribution in [-0.2, 0) is 0 Å². The molecule has 2 rings (SSSR count). The van der Waals surface area contributed by atoms with Crippen LogP contribution in [0.4, 0.5) is 5.82 Å². The Bertz CT molecular complexity index is 504. The van der Waals surface area contributed by atoms with Crippen molar-refractivity contribution in [3.63, 3.8) is 0 Å². The number of pyridine rings is 1. The fourth-order valence-electron chi connectivity index (χ4n) is 1.87. The van der Waals surface area contributed by atoms with Crippen LogP contribution in [0.2, 0.25) is 5.15 Å². The normalized spacial score (nSPS) is 17.7. The molecule has 1 fully saturated rings. The zero-order valence-electron chi connectivity index (χ0n) is 9.89. The van der Waals surface area contributed by atoms with Crippen molar-refractivity contribution in [2.45, 2.75) is 13.3 Å². The number of halogens is 1. The highest BCUT2D eigenvalue weighted by Crippen LogP contribution is 2.24. The molecule has 0 bridgehead atoms. The lowest BCUT2D eigenvalue weighted by Crippen LogP contribution is -2.40. The van der Waals surface area contributed by atoms with Gasteiger partial charge in [0.2, 0.25) is 0 Å². The summed E-state index contributed by atoms with van der Waals surface area (Å²) in [4.78, 5) is 16.2. The first-order chi connectivity index (χ1) is 8.58. The highest BCUT2D eigenvalue weighted by Gasteiger charge is 2.21. The standard InChI is InChI=1S/C11H13ClN4O2/c1-8-3-4-9(12)14-11(8)15-6-2-5-13-10(15)7-16(17)18/h3-4,7,13H,2,5-6H2,1H3. The Hall–Kier alpha value is -1.82.